The van der Waals surface area contributed by atoms with Crippen LogP contribution in [0.2, 0.25) is 0 Å². The molecule has 0 fully saturated rings. The van der Waals surface area contributed by atoms with E-state index in [1.54, 1.807) is 0 Å². The molecule has 0 aliphatic carbocycles. The zero-order valence-electron chi connectivity index (χ0n) is 11.8. The van der Waals surface area contributed by atoms with Gasteiger partial charge in [-0.05, 0) is 54.5 Å². The molecule has 0 spiro atoms. The molecular weight excluding hydrogens is 248 g/mol. The van der Waals surface area contributed by atoms with Crippen molar-refractivity contribution in [2.45, 2.75) is 31.7 Å². The summed E-state index contributed by atoms with van der Waals surface area (Å²) in [6.07, 6.45) is 5.69. The number of aromatic nitrogens is 1. The molecule has 3 nitrogen and oxygen atoms in total. The van der Waals surface area contributed by atoms with Gasteiger partial charge in [-0.3, -0.25) is 4.98 Å². The minimum atomic E-state index is 0.0501. The topological polar surface area (TPSA) is 48.1 Å². The maximum Gasteiger partial charge on any atom is 0.122 e. The third-order valence-electron chi connectivity index (χ3n) is 4.08. The molecule has 0 saturated heterocycles. The average Bonchev–Trinajstić information content (AvgIpc) is 2.48. The first kappa shape index (κ1) is 13.1. The van der Waals surface area contributed by atoms with Crippen molar-refractivity contribution in [1.29, 1.82) is 0 Å². The lowest BCUT2D eigenvalue weighted by molar-refractivity contribution is 0.259. The second-order valence-electron chi connectivity index (χ2n) is 5.45. The number of para-hydroxylation sites is 1. The van der Waals surface area contributed by atoms with E-state index < -0.39 is 0 Å². The quantitative estimate of drug-likeness (QED) is 0.928. The molecule has 1 aliphatic rings. The molecule has 2 heterocycles. The summed E-state index contributed by atoms with van der Waals surface area (Å²) in [5, 5.41) is 0. The zero-order valence-corrected chi connectivity index (χ0v) is 11.8. The van der Waals surface area contributed by atoms with Gasteiger partial charge in [-0.1, -0.05) is 18.2 Å². The number of nitrogens with two attached hydrogens (primary N) is 1. The van der Waals surface area contributed by atoms with Gasteiger partial charge in [0, 0.05) is 18.4 Å². The maximum atomic E-state index is 6.42. The van der Waals surface area contributed by atoms with E-state index in [0.717, 1.165) is 25.2 Å². The first-order chi connectivity index (χ1) is 9.75. The standard InChI is InChI=1S/C17H20N2O/c1-12-11-19-8-6-14(12)16(18)10-13-7-9-20-17-5-3-2-4-15(13)17/h2-6,8,11,13,16H,7,9-10,18H2,1H3. The van der Waals surface area contributed by atoms with Gasteiger partial charge in [0.15, 0.2) is 0 Å². The monoisotopic (exact) mass is 268 g/mol. The molecule has 0 saturated carbocycles. The van der Waals surface area contributed by atoms with Crippen LogP contribution in [-0.2, 0) is 0 Å². The Hall–Kier alpha value is -1.87. The number of hydrogen-bond acceptors (Lipinski definition) is 3. The number of rotatable bonds is 3. The third-order valence-corrected chi connectivity index (χ3v) is 4.08. The van der Waals surface area contributed by atoms with Crippen LogP contribution in [0.25, 0.3) is 0 Å². The Labute approximate surface area is 119 Å². The smallest absolute Gasteiger partial charge is 0.122 e. The third kappa shape index (κ3) is 2.54. The molecule has 2 N–H and O–H groups in total. The lowest BCUT2D eigenvalue weighted by Gasteiger charge is -2.28. The van der Waals surface area contributed by atoms with Crippen LogP contribution < -0.4 is 10.5 Å². The van der Waals surface area contributed by atoms with Gasteiger partial charge < -0.3 is 10.5 Å². The van der Waals surface area contributed by atoms with Gasteiger partial charge in [-0.2, -0.15) is 0 Å². The molecule has 3 rings (SSSR count). The van der Waals surface area contributed by atoms with Gasteiger partial charge in [-0.25, -0.2) is 0 Å². The molecule has 2 aromatic rings. The minimum Gasteiger partial charge on any atom is -0.493 e. The number of benzene rings is 1. The normalized spacial score (nSPS) is 19.0. The summed E-state index contributed by atoms with van der Waals surface area (Å²) in [6, 6.07) is 10.4. The summed E-state index contributed by atoms with van der Waals surface area (Å²) in [7, 11) is 0. The molecule has 0 radical (unpaired) electrons. The van der Waals surface area contributed by atoms with Gasteiger partial charge >= 0.3 is 0 Å². The van der Waals surface area contributed by atoms with Crippen molar-refractivity contribution in [3.63, 3.8) is 0 Å². The van der Waals surface area contributed by atoms with E-state index in [-0.39, 0.29) is 6.04 Å². The second kappa shape index (κ2) is 5.63. The van der Waals surface area contributed by atoms with E-state index in [0.29, 0.717) is 5.92 Å². The van der Waals surface area contributed by atoms with Crippen molar-refractivity contribution in [2.24, 2.45) is 5.73 Å². The van der Waals surface area contributed by atoms with Crippen molar-refractivity contribution in [1.82, 2.24) is 4.98 Å². The molecule has 20 heavy (non-hydrogen) atoms. The predicted molar refractivity (Wildman–Crippen MR) is 79.8 cm³/mol. The zero-order chi connectivity index (χ0) is 13.9. The van der Waals surface area contributed by atoms with E-state index in [9.17, 15) is 0 Å². The number of hydrogen-bond donors (Lipinski definition) is 1. The van der Waals surface area contributed by atoms with Crippen LogP contribution in [0.4, 0.5) is 0 Å². The van der Waals surface area contributed by atoms with Gasteiger partial charge in [0.1, 0.15) is 5.75 Å². The van der Waals surface area contributed by atoms with Crippen molar-refractivity contribution < 1.29 is 4.74 Å². The maximum absolute atomic E-state index is 6.42. The summed E-state index contributed by atoms with van der Waals surface area (Å²) >= 11 is 0. The highest BCUT2D eigenvalue weighted by atomic mass is 16.5. The van der Waals surface area contributed by atoms with Crippen LogP contribution in [0.5, 0.6) is 5.75 Å². The van der Waals surface area contributed by atoms with E-state index in [1.165, 1.54) is 16.7 Å². The average molecular weight is 268 g/mol. The molecular formula is C17H20N2O. The molecule has 1 aromatic heterocycles. The van der Waals surface area contributed by atoms with Crippen LogP contribution in [-0.4, -0.2) is 11.6 Å². The van der Waals surface area contributed by atoms with Crippen LogP contribution >= 0.6 is 0 Å². The fourth-order valence-corrected chi connectivity index (χ4v) is 2.99. The summed E-state index contributed by atoms with van der Waals surface area (Å²) in [4.78, 5) is 4.13. The Bertz CT molecular complexity index is 597. The number of aryl methyl sites for hydroxylation is 1. The first-order valence-corrected chi connectivity index (χ1v) is 7.13. The highest BCUT2D eigenvalue weighted by Crippen LogP contribution is 2.38. The largest absolute Gasteiger partial charge is 0.493 e. The second-order valence-corrected chi connectivity index (χ2v) is 5.45. The van der Waals surface area contributed by atoms with E-state index in [2.05, 4.69) is 24.0 Å². The van der Waals surface area contributed by atoms with Crippen molar-refractivity contribution >= 4 is 0 Å². The van der Waals surface area contributed by atoms with E-state index in [4.69, 9.17) is 10.5 Å². The van der Waals surface area contributed by atoms with Crippen LogP contribution in [0.1, 0.15) is 41.5 Å². The Morgan fingerprint density at radius 1 is 1.35 bits per heavy atom. The summed E-state index contributed by atoms with van der Waals surface area (Å²) in [5.41, 5.74) is 10.1. The summed E-state index contributed by atoms with van der Waals surface area (Å²) in [5.74, 6) is 1.49. The van der Waals surface area contributed by atoms with Crippen molar-refractivity contribution in [2.75, 3.05) is 6.61 Å². The molecule has 1 aliphatic heterocycles. The summed E-state index contributed by atoms with van der Waals surface area (Å²) < 4.78 is 5.71. The molecule has 0 amide bonds. The SMILES string of the molecule is Cc1cnccc1C(N)CC1CCOc2ccccc21. The number of fused-ring (bicyclic) bond motifs is 1. The van der Waals surface area contributed by atoms with Gasteiger partial charge in [0.2, 0.25) is 0 Å². The summed E-state index contributed by atoms with van der Waals surface area (Å²) in [6.45, 7) is 2.85. The molecule has 2 atom stereocenters. The predicted octanol–water partition coefficient (Wildman–Crippen LogP) is 3.35. The van der Waals surface area contributed by atoms with Gasteiger partial charge in [-0.15, -0.1) is 0 Å². The lowest BCUT2D eigenvalue weighted by atomic mass is 9.85. The lowest BCUT2D eigenvalue weighted by Crippen LogP contribution is -2.20. The Morgan fingerprint density at radius 2 is 2.20 bits per heavy atom. The Kier molecular flexibility index (Phi) is 3.70. The fourth-order valence-electron chi connectivity index (χ4n) is 2.99. The first-order valence-electron chi connectivity index (χ1n) is 7.13. The molecule has 1 aromatic carbocycles. The minimum absolute atomic E-state index is 0.0501. The van der Waals surface area contributed by atoms with Crippen molar-refractivity contribution in [3.8, 4) is 5.75 Å². The Balaban J connectivity index is 1.81. The van der Waals surface area contributed by atoms with Gasteiger partial charge in [0.25, 0.3) is 0 Å². The highest BCUT2D eigenvalue weighted by molar-refractivity contribution is 5.38. The van der Waals surface area contributed by atoms with Crippen LogP contribution in [0.15, 0.2) is 42.7 Å². The molecule has 2 unspecified atom stereocenters. The van der Waals surface area contributed by atoms with Crippen molar-refractivity contribution in [3.05, 3.63) is 59.4 Å². The Morgan fingerprint density at radius 3 is 3.05 bits per heavy atom. The highest BCUT2D eigenvalue weighted by Gasteiger charge is 2.24. The van der Waals surface area contributed by atoms with Gasteiger partial charge in [0.05, 0.1) is 6.61 Å². The number of pyridine rings is 1. The molecule has 3 heteroatoms. The van der Waals surface area contributed by atoms with E-state index in [1.807, 2.05) is 30.6 Å². The van der Waals surface area contributed by atoms with Crippen LogP contribution in [0.3, 0.4) is 0 Å². The number of ether oxygens (including phenoxy) is 1. The fraction of sp³-hybridized carbons (Fsp3) is 0.353. The van der Waals surface area contributed by atoms with E-state index >= 15 is 0 Å². The van der Waals surface area contributed by atoms with Crippen LogP contribution in [0, 0.1) is 6.92 Å². The number of nitrogens with zero attached hydrogens (tertiary/aromatic N) is 1. The molecule has 104 valence electrons. The molecule has 0 bridgehead atoms.